The van der Waals surface area contributed by atoms with Crippen LogP contribution in [0.1, 0.15) is 45.1 Å². The van der Waals surface area contributed by atoms with E-state index in [2.05, 4.69) is 39.6 Å². The van der Waals surface area contributed by atoms with Crippen LogP contribution in [-0.2, 0) is 11.3 Å². The number of amides is 1. The summed E-state index contributed by atoms with van der Waals surface area (Å²) in [6.07, 6.45) is 5.99. The summed E-state index contributed by atoms with van der Waals surface area (Å²) in [4.78, 5) is 25.3. The van der Waals surface area contributed by atoms with Crippen molar-refractivity contribution in [1.82, 2.24) is 20.5 Å². The van der Waals surface area contributed by atoms with Crippen LogP contribution in [0.15, 0.2) is 23.3 Å². The van der Waals surface area contributed by atoms with E-state index in [9.17, 15) is 4.79 Å². The number of ether oxygens (including phenoxy) is 1. The first-order valence-electron chi connectivity index (χ1n) is 10.9. The summed E-state index contributed by atoms with van der Waals surface area (Å²) in [6, 6.07) is 4.52. The van der Waals surface area contributed by atoms with Crippen LogP contribution < -0.4 is 15.5 Å². The molecule has 0 unspecified atom stereocenters. The van der Waals surface area contributed by atoms with Gasteiger partial charge in [-0.1, -0.05) is 6.07 Å². The van der Waals surface area contributed by atoms with Crippen molar-refractivity contribution in [2.24, 2.45) is 4.99 Å². The first-order valence-corrected chi connectivity index (χ1v) is 10.9. The van der Waals surface area contributed by atoms with Crippen LogP contribution >= 0.6 is 0 Å². The van der Waals surface area contributed by atoms with E-state index in [4.69, 9.17) is 9.73 Å². The molecule has 2 saturated heterocycles. The van der Waals surface area contributed by atoms with Crippen molar-refractivity contribution < 1.29 is 9.53 Å². The average molecular weight is 403 g/mol. The van der Waals surface area contributed by atoms with Crippen molar-refractivity contribution in [3.05, 3.63) is 23.9 Å². The van der Waals surface area contributed by atoms with Crippen molar-refractivity contribution in [1.29, 1.82) is 0 Å². The fourth-order valence-electron chi connectivity index (χ4n) is 3.75. The lowest BCUT2D eigenvalue weighted by Crippen LogP contribution is -2.49. The molecule has 8 nitrogen and oxygen atoms in total. The van der Waals surface area contributed by atoms with Crippen LogP contribution in [0.25, 0.3) is 0 Å². The predicted molar refractivity (Wildman–Crippen MR) is 115 cm³/mol. The molecule has 0 bridgehead atoms. The Labute approximate surface area is 173 Å². The van der Waals surface area contributed by atoms with Crippen LogP contribution in [-0.4, -0.2) is 67.3 Å². The van der Waals surface area contributed by atoms with Gasteiger partial charge in [-0.25, -0.2) is 14.8 Å². The van der Waals surface area contributed by atoms with Gasteiger partial charge in [-0.2, -0.15) is 0 Å². The van der Waals surface area contributed by atoms with Gasteiger partial charge in [0.05, 0.1) is 13.2 Å². The Bertz CT molecular complexity index is 664. The summed E-state index contributed by atoms with van der Waals surface area (Å²) in [7, 11) is 0. The molecule has 1 aromatic rings. The molecule has 0 atom stereocenters. The maximum absolute atomic E-state index is 11.8. The normalized spacial score (nSPS) is 18.1. The second kappa shape index (κ2) is 10.9. The quantitative estimate of drug-likeness (QED) is 0.562. The third-order valence-corrected chi connectivity index (χ3v) is 5.36. The van der Waals surface area contributed by atoms with Gasteiger partial charge >= 0.3 is 6.09 Å². The number of aliphatic imine (C=N–C) groups is 1. The molecule has 0 spiro atoms. The van der Waals surface area contributed by atoms with Crippen LogP contribution in [0, 0.1) is 0 Å². The SMILES string of the molecule is CCNC(=NCc1ccc(N2CCCC2)nc1)NC1CCN(C(=O)OCC)CC1. The molecule has 3 heterocycles. The number of anilines is 1. The van der Waals surface area contributed by atoms with E-state index in [0.29, 0.717) is 32.3 Å². The van der Waals surface area contributed by atoms with Crippen LogP contribution in [0.5, 0.6) is 0 Å². The molecule has 1 amide bonds. The Morgan fingerprint density at radius 3 is 2.59 bits per heavy atom. The van der Waals surface area contributed by atoms with E-state index >= 15 is 0 Å². The molecular weight excluding hydrogens is 368 g/mol. The Kier molecular flexibility index (Phi) is 7.95. The number of likely N-dealkylation sites (tertiary alicyclic amines) is 1. The molecular formula is C21H34N6O2. The lowest BCUT2D eigenvalue weighted by Gasteiger charge is -2.32. The highest BCUT2D eigenvalue weighted by molar-refractivity contribution is 5.80. The fraction of sp³-hybridized carbons (Fsp3) is 0.667. The molecule has 29 heavy (non-hydrogen) atoms. The highest BCUT2D eigenvalue weighted by Gasteiger charge is 2.24. The molecule has 0 aliphatic carbocycles. The monoisotopic (exact) mass is 402 g/mol. The van der Waals surface area contributed by atoms with E-state index in [1.807, 2.05) is 13.1 Å². The van der Waals surface area contributed by atoms with E-state index in [1.54, 1.807) is 4.90 Å². The zero-order valence-electron chi connectivity index (χ0n) is 17.7. The molecule has 0 saturated carbocycles. The van der Waals surface area contributed by atoms with Crippen molar-refractivity contribution >= 4 is 17.9 Å². The number of carbonyl (C=O) groups excluding carboxylic acids is 1. The highest BCUT2D eigenvalue weighted by Crippen LogP contribution is 2.18. The zero-order valence-corrected chi connectivity index (χ0v) is 17.7. The summed E-state index contributed by atoms with van der Waals surface area (Å²) >= 11 is 0. The van der Waals surface area contributed by atoms with Gasteiger partial charge in [-0.15, -0.1) is 0 Å². The molecule has 2 N–H and O–H groups in total. The number of pyridine rings is 1. The molecule has 160 valence electrons. The number of carbonyl (C=O) groups is 1. The topological polar surface area (TPSA) is 82.1 Å². The molecule has 1 aromatic heterocycles. The number of hydrogen-bond acceptors (Lipinski definition) is 5. The van der Waals surface area contributed by atoms with E-state index < -0.39 is 0 Å². The second-order valence-corrected chi connectivity index (χ2v) is 7.52. The van der Waals surface area contributed by atoms with Gasteiger partial charge in [-0.05, 0) is 51.2 Å². The summed E-state index contributed by atoms with van der Waals surface area (Å²) in [5.41, 5.74) is 1.10. The second-order valence-electron chi connectivity index (χ2n) is 7.52. The van der Waals surface area contributed by atoms with Gasteiger partial charge in [0.2, 0.25) is 0 Å². The van der Waals surface area contributed by atoms with Crippen molar-refractivity contribution in [3.63, 3.8) is 0 Å². The third kappa shape index (κ3) is 6.24. The fourth-order valence-corrected chi connectivity index (χ4v) is 3.75. The molecule has 8 heteroatoms. The Morgan fingerprint density at radius 1 is 1.21 bits per heavy atom. The van der Waals surface area contributed by atoms with E-state index in [-0.39, 0.29) is 6.09 Å². The summed E-state index contributed by atoms with van der Waals surface area (Å²) in [6.45, 7) is 9.33. The summed E-state index contributed by atoms with van der Waals surface area (Å²) in [5, 5.41) is 6.82. The Hall–Kier alpha value is -2.51. The molecule has 2 aliphatic rings. The highest BCUT2D eigenvalue weighted by atomic mass is 16.6. The van der Waals surface area contributed by atoms with Crippen LogP contribution in [0.4, 0.5) is 10.6 Å². The maximum atomic E-state index is 11.8. The number of guanidine groups is 1. The number of nitrogens with one attached hydrogen (secondary N) is 2. The van der Waals surface area contributed by atoms with Gasteiger partial charge in [-0.3, -0.25) is 0 Å². The molecule has 2 aliphatic heterocycles. The standard InChI is InChI=1S/C21H34N6O2/c1-3-22-20(25-18-9-13-27(14-10-18)21(28)29-4-2)24-16-17-7-8-19(23-15-17)26-11-5-6-12-26/h7-8,15,18H,3-6,9-14,16H2,1-2H3,(H2,22,24,25). The minimum atomic E-state index is -0.212. The molecule has 3 rings (SSSR count). The maximum Gasteiger partial charge on any atom is 0.409 e. The van der Waals surface area contributed by atoms with Crippen molar-refractivity contribution in [2.45, 2.75) is 52.1 Å². The number of nitrogens with zero attached hydrogens (tertiary/aromatic N) is 4. The summed E-state index contributed by atoms with van der Waals surface area (Å²) in [5.74, 6) is 1.87. The zero-order chi connectivity index (χ0) is 20.5. The minimum absolute atomic E-state index is 0.212. The first kappa shape index (κ1) is 21.2. The van der Waals surface area contributed by atoms with E-state index in [1.165, 1.54) is 12.8 Å². The van der Waals surface area contributed by atoms with Crippen molar-refractivity contribution in [3.8, 4) is 0 Å². The van der Waals surface area contributed by atoms with Gasteiger partial charge in [0.1, 0.15) is 5.82 Å². The van der Waals surface area contributed by atoms with Crippen LogP contribution in [0.2, 0.25) is 0 Å². The van der Waals surface area contributed by atoms with Gasteiger partial charge in [0.15, 0.2) is 5.96 Å². The lowest BCUT2D eigenvalue weighted by atomic mass is 10.1. The lowest BCUT2D eigenvalue weighted by molar-refractivity contribution is 0.0963. The van der Waals surface area contributed by atoms with Gasteiger partial charge in [0.25, 0.3) is 0 Å². The number of aromatic nitrogens is 1. The van der Waals surface area contributed by atoms with Crippen molar-refractivity contribution in [2.75, 3.05) is 44.2 Å². The molecule has 0 radical (unpaired) electrons. The Balaban J connectivity index is 1.50. The van der Waals surface area contributed by atoms with Gasteiger partial charge < -0.3 is 25.2 Å². The minimum Gasteiger partial charge on any atom is -0.450 e. The number of piperidine rings is 1. The smallest absolute Gasteiger partial charge is 0.409 e. The largest absolute Gasteiger partial charge is 0.450 e. The van der Waals surface area contributed by atoms with E-state index in [0.717, 1.165) is 49.8 Å². The van der Waals surface area contributed by atoms with Gasteiger partial charge in [0, 0.05) is 45.0 Å². The van der Waals surface area contributed by atoms with Crippen LogP contribution in [0.3, 0.4) is 0 Å². The summed E-state index contributed by atoms with van der Waals surface area (Å²) < 4.78 is 5.09. The predicted octanol–water partition coefficient (Wildman–Crippen LogP) is 2.36. The molecule has 0 aromatic carbocycles. The molecule has 2 fully saturated rings. The third-order valence-electron chi connectivity index (χ3n) is 5.36. The average Bonchev–Trinajstić information content (AvgIpc) is 3.28. The number of rotatable bonds is 6. The first-order chi connectivity index (χ1) is 14.2. The Morgan fingerprint density at radius 2 is 1.97 bits per heavy atom. The number of hydrogen-bond donors (Lipinski definition) is 2.